The predicted molar refractivity (Wildman–Crippen MR) is 101 cm³/mol. The standard InChI is InChI=1S/C20H22N2O5/c1-13-8-14(2)10-16(9-13)22-18(23)12-27-19(24)11-21-20(25)15-4-6-17(26-3)7-5-15/h4-10H,11-12H2,1-3H3,(H,21,25)(H,22,23). The Morgan fingerprint density at radius 1 is 0.963 bits per heavy atom. The second kappa shape index (κ2) is 9.38. The number of hydrogen-bond acceptors (Lipinski definition) is 5. The van der Waals surface area contributed by atoms with Gasteiger partial charge >= 0.3 is 5.97 Å². The molecule has 7 heteroatoms. The van der Waals surface area contributed by atoms with Crippen molar-refractivity contribution >= 4 is 23.5 Å². The summed E-state index contributed by atoms with van der Waals surface area (Å²) in [6, 6.07) is 12.1. The lowest BCUT2D eigenvalue weighted by Gasteiger charge is -2.09. The van der Waals surface area contributed by atoms with E-state index in [1.807, 2.05) is 32.0 Å². The van der Waals surface area contributed by atoms with Gasteiger partial charge in [-0.25, -0.2) is 0 Å². The van der Waals surface area contributed by atoms with Crippen LogP contribution < -0.4 is 15.4 Å². The lowest BCUT2D eigenvalue weighted by Crippen LogP contribution is -2.32. The summed E-state index contributed by atoms with van der Waals surface area (Å²) in [5.41, 5.74) is 3.06. The highest BCUT2D eigenvalue weighted by molar-refractivity contribution is 5.96. The molecule has 0 bridgehead atoms. The van der Waals surface area contributed by atoms with Crippen LogP contribution in [0, 0.1) is 13.8 Å². The Kier molecular flexibility index (Phi) is 6.93. The topological polar surface area (TPSA) is 93.7 Å². The number of nitrogens with one attached hydrogen (secondary N) is 2. The molecule has 7 nitrogen and oxygen atoms in total. The molecule has 0 heterocycles. The second-order valence-electron chi connectivity index (χ2n) is 6.00. The molecule has 2 aromatic carbocycles. The molecule has 2 N–H and O–H groups in total. The van der Waals surface area contributed by atoms with Crippen LogP contribution >= 0.6 is 0 Å². The zero-order chi connectivity index (χ0) is 19.8. The fourth-order valence-corrected chi connectivity index (χ4v) is 2.44. The van der Waals surface area contributed by atoms with Crippen molar-refractivity contribution in [2.24, 2.45) is 0 Å². The Morgan fingerprint density at radius 2 is 1.59 bits per heavy atom. The average molecular weight is 370 g/mol. The molecule has 2 rings (SSSR count). The Balaban J connectivity index is 1.74. The first-order valence-corrected chi connectivity index (χ1v) is 8.33. The van der Waals surface area contributed by atoms with Gasteiger partial charge in [0.2, 0.25) is 0 Å². The lowest BCUT2D eigenvalue weighted by atomic mass is 10.1. The van der Waals surface area contributed by atoms with E-state index in [2.05, 4.69) is 10.6 Å². The SMILES string of the molecule is COc1ccc(C(=O)NCC(=O)OCC(=O)Nc2cc(C)cc(C)c2)cc1. The Bertz CT molecular complexity index is 811. The van der Waals surface area contributed by atoms with Crippen molar-refractivity contribution in [3.05, 3.63) is 59.2 Å². The van der Waals surface area contributed by atoms with E-state index in [9.17, 15) is 14.4 Å². The highest BCUT2D eigenvalue weighted by atomic mass is 16.5. The van der Waals surface area contributed by atoms with Gasteiger partial charge < -0.3 is 20.1 Å². The predicted octanol–water partition coefficient (Wildman–Crippen LogP) is 2.22. The number of carbonyl (C=O) groups is 3. The van der Waals surface area contributed by atoms with Crippen molar-refractivity contribution in [1.82, 2.24) is 5.32 Å². The number of benzene rings is 2. The molecule has 0 spiro atoms. The van der Waals surface area contributed by atoms with Crippen molar-refractivity contribution in [2.45, 2.75) is 13.8 Å². The molecule has 27 heavy (non-hydrogen) atoms. The van der Waals surface area contributed by atoms with Gasteiger partial charge in [-0.2, -0.15) is 0 Å². The first-order chi connectivity index (χ1) is 12.9. The summed E-state index contributed by atoms with van der Waals surface area (Å²) >= 11 is 0. The van der Waals surface area contributed by atoms with Crippen LogP contribution in [0.5, 0.6) is 5.75 Å². The zero-order valence-electron chi connectivity index (χ0n) is 15.5. The number of methoxy groups -OCH3 is 1. The number of esters is 1. The third kappa shape index (κ3) is 6.47. The monoisotopic (exact) mass is 370 g/mol. The molecule has 0 aliphatic rings. The normalized spacial score (nSPS) is 10.0. The Hall–Kier alpha value is -3.35. The van der Waals surface area contributed by atoms with Crippen molar-refractivity contribution < 1.29 is 23.9 Å². The number of carbonyl (C=O) groups excluding carboxylic acids is 3. The number of amides is 2. The van der Waals surface area contributed by atoms with Gasteiger partial charge in [0, 0.05) is 11.3 Å². The molecule has 0 unspecified atom stereocenters. The number of anilines is 1. The van der Waals surface area contributed by atoms with Crippen LogP contribution in [-0.4, -0.2) is 38.0 Å². The van der Waals surface area contributed by atoms with Crippen LogP contribution in [0.25, 0.3) is 0 Å². The molecule has 0 aliphatic carbocycles. The van der Waals surface area contributed by atoms with Crippen LogP contribution in [0.3, 0.4) is 0 Å². The summed E-state index contributed by atoms with van der Waals surface area (Å²) in [6.45, 7) is 3.09. The molecular formula is C20H22N2O5. The van der Waals surface area contributed by atoms with Gasteiger partial charge in [-0.05, 0) is 61.4 Å². The van der Waals surface area contributed by atoms with Gasteiger partial charge in [0.05, 0.1) is 7.11 Å². The van der Waals surface area contributed by atoms with Gasteiger partial charge in [0.25, 0.3) is 11.8 Å². The number of rotatable bonds is 7. The molecular weight excluding hydrogens is 348 g/mol. The molecule has 2 aromatic rings. The maximum atomic E-state index is 12.0. The van der Waals surface area contributed by atoms with Crippen LogP contribution in [0.2, 0.25) is 0 Å². The van der Waals surface area contributed by atoms with Crippen LogP contribution in [0.15, 0.2) is 42.5 Å². The lowest BCUT2D eigenvalue weighted by molar-refractivity contribution is -0.146. The van der Waals surface area contributed by atoms with Gasteiger partial charge in [0.15, 0.2) is 6.61 Å². The highest BCUT2D eigenvalue weighted by Crippen LogP contribution is 2.13. The van der Waals surface area contributed by atoms with Gasteiger partial charge in [-0.1, -0.05) is 6.07 Å². The Labute approximate surface area is 157 Å². The largest absolute Gasteiger partial charge is 0.497 e. The zero-order valence-corrected chi connectivity index (χ0v) is 15.5. The summed E-state index contributed by atoms with van der Waals surface area (Å²) < 4.78 is 9.89. The minimum atomic E-state index is -0.701. The van der Waals surface area contributed by atoms with Crippen molar-refractivity contribution in [3.63, 3.8) is 0 Å². The number of aryl methyl sites for hydroxylation is 2. The molecule has 142 valence electrons. The van der Waals surface area contributed by atoms with E-state index in [0.29, 0.717) is 17.0 Å². The first-order valence-electron chi connectivity index (χ1n) is 8.33. The van der Waals surface area contributed by atoms with Crippen molar-refractivity contribution in [2.75, 3.05) is 25.6 Å². The third-order valence-corrected chi connectivity index (χ3v) is 3.62. The smallest absolute Gasteiger partial charge is 0.325 e. The fourth-order valence-electron chi connectivity index (χ4n) is 2.44. The maximum Gasteiger partial charge on any atom is 0.325 e. The minimum absolute atomic E-state index is 0.332. The molecule has 0 fully saturated rings. The van der Waals surface area contributed by atoms with E-state index in [0.717, 1.165) is 11.1 Å². The molecule has 0 aromatic heterocycles. The maximum absolute atomic E-state index is 12.0. The van der Waals surface area contributed by atoms with E-state index >= 15 is 0 Å². The fraction of sp³-hybridized carbons (Fsp3) is 0.250. The average Bonchev–Trinajstić information content (AvgIpc) is 2.63. The Morgan fingerprint density at radius 3 is 2.19 bits per heavy atom. The quantitative estimate of drug-likeness (QED) is 0.729. The number of hydrogen-bond donors (Lipinski definition) is 2. The third-order valence-electron chi connectivity index (χ3n) is 3.62. The minimum Gasteiger partial charge on any atom is -0.497 e. The van der Waals surface area contributed by atoms with E-state index < -0.39 is 24.4 Å². The van der Waals surface area contributed by atoms with Crippen LogP contribution in [0.1, 0.15) is 21.5 Å². The molecule has 0 saturated heterocycles. The van der Waals surface area contributed by atoms with E-state index in [1.54, 1.807) is 24.3 Å². The molecule has 0 radical (unpaired) electrons. The summed E-state index contributed by atoms with van der Waals surface area (Å²) in [5.74, 6) is -0.947. The number of ether oxygens (including phenoxy) is 2. The van der Waals surface area contributed by atoms with E-state index in [1.165, 1.54) is 7.11 Å². The van der Waals surface area contributed by atoms with E-state index in [-0.39, 0.29) is 6.54 Å². The van der Waals surface area contributed by atoms with E-state index in [4.69, 9.17) is 9.47 Å². The van der Waals surface area contributed by atoms with Gasteiger partial charge in [-0.15, -0.1) is 0 Å². The summed E-state index contributed by atoms with van der Waals surface area (Å²) in [6.07, 6.45) is 0. The molecule has 0 aliphatic heterocycles. The highest BCUT2D eigenvalue weighted by Gasteiger charge is 2.11. The first kappa shape index (κ1) is 20.0. The van der Waals surface area contributed by atoms with Crippen molar-refractivity contribution in [1.29, 1.82) is 0 Å². The second-order valence-corrected chi connectivity index (χ2v) is 6.00. The molecule has 0 atom stereocenters. The summed E-state index contributed by atoms with van der Waals surface area (Å²) in [4.78, 5) is 35.5. The van der Waals surface area contributed by atoms with Crippen LogP contribution in [-0.2, 0) is 14.3 Å². The summed E-state index contributed by atoms with van der Waals surface area (Å²) in [5, 5.41) is 5.10. The van der Waals surface area contributed by atoms with Crippen LogP contribution in [0.4, 0.5) is 5.69 Å². The van der Waals surface area contributed by atoms with Gasteiger partial charge in [-0.3, -0.25) is 14.4 Å². The van der Waals surface area contributed by atoms with Crippen molar-refractivity contribution in [3.8, 4) is 5.75 Å². The molecule has 0 saturated carbocycles. The molecule has 2 amide bonds. The van der Waals surface area contributed by atoms with Gasteiger partial charge in [0.1, 0.15) is 12.3 Å². The summed E-state index contributed by atoms with van der Waals surface area (Å²) in [7, 11) is 1.53.